The van der Waals surface area contributed by atoms with Crippen LogP contribution >= 0.6 is 0 Å². The predicted octanol–water partition coefficient (Wildman–Crippen LogP) is 22.8. The summed E-state index contributed by atoms with van der Waals surface area (Å²) in [5, 5.41) is 23.4. The first kappa shape index (κ1) is 75.6. The van der Waals surface area contributed by atoms with Crippen LogP contribution in [0.2, 0.25) is 0 Å². The lowest BCUT2D eigenvalue weighted by Crippen LogP contribution is -2.45. The first-order chi connectivity index (χ1) is 38.0. The molecule has 0 aliphatic rings. The molecule has 0 bridgehead atoms. The lowest BCUT2D eigenvalue weighted by atomic mass is 10.0. The molecule has 0 aromatic rings. The number of hydrogen-bond donors (Lipinski definition) is 3. The van der Waals surface area contributed by atoms with Gasteiger partial charge in [-0.1, -0.05) is 353 Å². The van der Waals surface area contributed by atoms with E-state index in [0.717, 1.165) is 44.9 Å². The average molecular weight is 1090 g/mol. The molecule has 6 nitrogen and oxygen atoms in total. The molecule has 3 N–H and O–H groups in total. The van der Waals surface area contributed by atoms with Crippen molar-refractivity contribution in [3.8, 4) is 0 Å². The van der Waals surface area contributed by atoms with Crippen LogP contribution in [0.3, 0.4) is 0 Å². The summed E-state index contributed by atoms with van der Waals surface area (Å²) in [5.74, 6) is -0.0182. The van der Waals surface area contributed by atoms with Crippen molar-refractivity contribution < 1.29 is 24.5 Å². The molecule has 0 aromatic carbocycles. The maximum absolute atomic E-state index is 12.5. The lowest BCUT2D eigenvalue weighted by Gasteiger charge is -2.22. The zero-order valence-electron chi connectivity index (χ0n) is 52.5. The molecule has 0 radical (unpaired) electrons. The highest BCUT2D eigenvalue weighted by Gasteiger charge is 2.20. The largest absolute Gasteiger partial charge is 0.466 e. The number of hydrogen-bond acceptors (Lipinski definition) is 5. The molecule has 0 spiro atoms. The molecular formula is C71H139NO5. The van der Waals surface area contributed by atoms with E-state index in [1.807, 2.05) is 0 Å². The van der Waals surface area contributed by atoms with Gasteiger partial charge in [0.1, 0.15) is 0 Å². The highest BCUT2D eigenvalue weighted by atomic mass is 16.5. The Labute approximate surface area is 482 Å². The van der Waals surface area contributed by atoms with Crippen molar-refractivity contribution in [3.05, 3.63) is 12.2 Å². The maximum Gasteiger partial charge on any atom is 0.305 e. The van der Waals surface area contributed by atoms with E-state index in [-0.39, 0.29) is 18.5 Å². The second-order valence-electron chi connectivity index (χ2n) is 24.6. The van der Waals surface area contributed by atoms with Gasteiger partial charge in [-0.2, -0.15) is 0 Å². The van der Waals surface area contributed by atoms with Crippen molar-refractivity contribution in [3.63, 3.8) is 0 Å². The molecule has 0 rings (SSSR count). The molecule has 0 aliphatic heterocycles. The standard InChI is InChI=1S/C71H139NO5/c1-3-5-7-9-11-13-15-17-19-20-21-30-33-36-39-43-47-51-55-59-63-69(74)68(67-73)72-70(75)64-60-56-52-48-44-40-37-34-31-28-26-24-22-23-25-27-29-32-35-38-42-46-50-54-58-62-66-77-71(76)65-61-57-53-49-45-41-18-16-14-12-10-8-6-4-2/h16,18,68-69,73-74H,3-15,17,19-67H2,1-2H3,(H,72,75)/b18-16-. The first-order valence-electron chi connectivity index (χ1n) is 35.4. The summed E-state index contributed by atoms with van der Waals surface area (Å²) < 4.78 is 5.49. The van der Waals surface area contributed by atoms with Crippen LogP contribution in [0, 0.1) is 0 Å². The number of rotatable bonds is 67. The summed E-state index contributed by atoms with van der Waals surface area (Å²) in [6, 6.07) is -0.540. The second-order valence-corrected chi connectivity index (χ2v) is 24.6. The number of amides is 1. The number of nitrogens with one attached hydrogen (secondary N) is 1. The monoisotopic (exact) mass is 1090 g/mol. The molecule has 0 saturated carbocycles. The normalized spacial score (nSPS) is 12.5. The van der Waals surface area contributed by atoms with Crippen LogP contribution in [-0.2, 0) is 14.3 Å². The summed E-state index contributed by atoms with van der Waals surface area (Å²) in [6.45, 7) is 4.98. The van der Waals surface area contributed by atoms with Crippen molar-refractivity contribution in [2.24, 2.45) is 0 Å². The molecule has 77 heavy (non-hydrogen) atoms. The Hall–Kier alpha value is -1.40. The topological polar surface area (TPSA) is 95.9 Å². The number of ether oxygens (including phenoxy) is 1. The minimum absolute atomic E-state index is 0.00979. The quantitative estimate of drug-likeness (QED) is 0.0320. The molecule has 0 aliphatic carbocycles. The molecule has 2 unspecified atom stereocenters. The zero-order valence-corrected chi connectivity index (χ0v) is 52.5. The molecule has 0 fully saturated rings. The number of aliphatic hydroxyl groups excluding tert-OH is 2. The van der Waals surface area contributed by atoms with E-state index < -0.39 is 12.1 Å². The van der Waals surface area contributed by atoms with Crippen molar-refractivity contribution >= 4 is 11.9 Å². The Kier molecular flexibility index (Phi) is 65.9. The summed E-state index contributed by atoms with van der Waals surface area (Å²) >= 11 is 0. The highest BCUT2D eigenvalue weighted by molar-refractivity contribution is 5.76. The predicted molar refractivity (Wildman–Crippen MR) is 338 cm³/mol. The van der Waals surface area contributed by atoms with E-state index in [1.54, 1.807) is 0 Å². The van der Waals surface area contributed by atoms with Crippen molar-refractivity contribution in [1.82, 2.24) is 5.32 Å². The van der Waals surface area contributed by atoms with Gasteiger partial charge in [0.2, 0.25) is 5.91 Å². The summed E-state index contributed by atoms with van der Waals surface area (Å²) in [7, 11) is 0. The Morgan fingerprint density at radius 3 is 0.922 bits per heavy atom. The van der Waals surface area contributed by atoms with Gasteiger partial charge in [-0.15, -0.1) is 0 Å². The maximum atomic E-state index is 12.5. The third kappa shape index (κ3) is 63.6. The second kappa shape index (κ2) is 67.1. The third-order valence-electron chi connectivity index (χ3n) is 16.8. The lowest BCUT2D eigenvalue weighted by molar-refractivity contribution is -0.143. The first-order valence-corrected chi connectivity index (χ1v) is 35.4. The molecular weight excluding hydrogens is 947 g/mol. The van der Waals surface area contributed by atoms with E-state index in [2.05, 4.69) is 31.3 Å². The molecule has 0 heterocycles. The SMILES string of the molecule is CCCCCCC/C=C\CCCCCCCC(=O)OCCCCCCCCCCCCCCCCCCCCCCCCCCCCC(=O)NC(CO)C(O)CCCCCCCCCCCCCCCCCCCCCC. The number of carbonyl (C=O) groups excluding carboxylic acids is 2. The van der Waals surface area contributed by atoms with E-state index in [0.29, 0.717) is 25.9 Å². The third-order valence-corrected chi connectivity index (χ3v) is 16.8. The Bertz CT molecular complexity index is 1160. The zero-order chi connectivity index (χ0) is 55.7. The Morgan fingerprint density at radius 2 is 0.610 bits per heavy atom. The average Bonchev–Trinajstić information content (AvgIpc) is 3.43. The molecule has 0 aromatic heterocycles. The number of unbranched alkanes of at least 4 members (excludes halogenated alkanes) is 54. The van der Waals surface area contributed by atoms with Gasteiger partial charge in [-0.05, 0) is 51.4 Å². The van der Waals surface area contributed by atoms with Crippen LogP contribution in [0.15, 0.2) is 12.2 Å². The summed E-state index contributed by atoms with van der Waals surface area (Å²) in [5.41, 5.74) is 0. The summed E-state index contributed by atoms with van der Waals surface area (Å²) in [4.78, 5) is 24.6. The van der Waals surface area contributed by atoms with Crippen LogP contribution in [0.5, 0.6) is 0 Å². The molecule has 2 atom stereocenters. The number of allylic oxidation sites excluding steroid dienone is 2. The fourth-order valence-corrected chi connectivity index (χ4v) is 11.4. The van der Waals surface area contributed by atoms with E-state index in [1.165, 1.54) is 327 Å². The van der Waals surface area contributed by atoms with Crippen molar-refractivity contribution in [2.75, 3.05) is 13.2 Å². The fourth-order valence-electron chi connectivity index (χ4n) is 11.4. The molecule has 0 saturated heterocycles. The number of esters is 1. The van der Waals surface area contributed by atoms with Gasteiger partial charge >= 0.3 is 5.97 Å². The van der Waals surface area contributed by atoms with Crippen molar-refractivity contribution in [1.29, 1.82) is 0 Å². The van der Waals surface area contributed by atoms with Gasteiger partial charge in [0, 0.05) is 12.8 Å². The van der Waals surface area contributed by atoms with Crippen LogP contribution in [-0.4, -0.2) is 47.4 Å². The van der Waals surface area contributed by atoms with Crippen molar-refractivity contribution in [2.45, 2.75) is 418 Å². The number of aliphatic hydroxyl groups is 2. The van der Waals surface area contributed by atoms with Gasteiger partial charge < -0.3 is 20.3 Å². The van der Waals surface area contributed by atoms with E-state index in [9.17, 15) is 19.8 Å². The molecule has 6 heteroatoms. The van der Waals surface area contributed by atoms with Gasteiger partial charge in [0.05, 0.1) is 25.4 Å². The van der Waals surface area contributed by atoms with Gasteiger partial charge in [0.25, 0.3) is 0 Å². The van der Waals surface area contributed by atoms with Crippen LogP contribution in [0.1, 0.15) is 406 Å². The van der Waals surface area contributed by atoms with E-state index >= 15 is 0 Å². The van der Waals surface area contributed by atoms with Crippen LogP contribution < -0.4 is 5.32 Å². The molecule has 458 valence electrons. The highest BCUT2D eigenvalue weighted by Crippen LogP contribution is 2.19. The Balaban J connectivity index is 3.35. The minimum atomic E-state index is -0.663. The molecule has 1 amide bonds. The van der Waals surface area contributed by atoms with Gasteiger partial charge in [-0.25, -0.2) is 0 Å². The van der Waals surface area contributed by atoms with Crippen LogP contribution in [0.4, 0.5) is 0 Å². The van der Waals surface area contributed by atoms with Gasteiger partial charge in [0.15, 0.2) is 0 Å². The minimum Gasteiger partial charge on any atom is -0.466 e. The smallest absolute Gasteiger partial charge is 0.305 e. The van der Waals surface area contributed by atoms with Crippen LogP contribution in [0.25, 0.3) is 0 Å². The fraction of sp³-hybridized carbons (Fsp3) is 0.944. The van der Waals surface area contributed by atoms with Gasteiger partial charge in [-0.3, -0.25) is 9.59 Å². The summed E-state index contributed by atoms with van der Waals surface area (Å²) in [6.07, 6.45) is 82.6. The van der Waals surface area contributed by atoms with E-state index in [4.69, 9.17) is 4.74 Å². The number of carbonyl (C=O) groups is 2. The Morgan fingerprint density at radius 1 is 0.351 bits per heavy atom.